The molecule has 0 saturated carbocycles. The van der Waals surface area contributed by atoms with E-state index in [1.165, 1.54) is 0 Å². The van der Waals surface area contributed by atoms with Crippen molar-refractivity contribution in [1.82, 2.24) is 0 Å². The van der Waals surface area contributed by atoms with E-state index in [0.717, 1.165) is 16.5 Å². The maximum atomic E-state index is 11.9. The molecule has 3 aromatic rings. The first-order valence-electron chi connectivity index (χ1n) is 7.21. The number of rotatable bonds is 5. The van der Waals surface area contributed by atoms with Crippen molar-refractivity contribution >= 4 is 16.7 Å². The Balaban J connectivity index is 1.59. The molecule has 0 amide bonds. The molecular weight excluding hydrogens is 292 g/mol. The Morgan fingerprint density at radius 2 is 1.48 bits per heavy atom. The predicted molar refractivity (Wildman–Crippen MR) is 88.1 cm³/mol. The second-order valence-electron chi connectivity index (χ2n) is 4.95. The molecule has 0 aliphatic carbocycles. The van der Waals surface area contributed by atoms with Crippen LogP contribution in [0.3, 0.4) is 0 Å². The number of esters is 1. The molecule has 0 bridgehead atoms. The number of carbonyl (C=O) groups is 1. The molecule has 0 unspecified atom stereocenters. The smallest absolute Gasteiger partial charge is 0.349 e. The van der Waals surface area contributed by atoms with E-state index in [9.17, 15) is 4.79 Å². The summed E-state index contributed by atoms with van der Waals surface area (Å²) in [6.45, 7) is -0.154. The zero-order chi connectivity index (χ0) is 16.1. The van der Waals surface area contributed by atoms with Crippen molar-refractivity contribution < 1.29 is 19.0 Å². The van der Waals surface area contributed by atoms with Gasteiger partial charge in [-0.3, -0.25) is 0 Å². The molecule has 3 rings (SSSR count). The minimum atomic E-state index is -0.448. The quantitative estimate of drug-likeness (QED) is 0.531. The molecule has 0 fully saturated rings. The zero-order valence-corrected chi connectivity index (χ0v) is 12.7. The van der Waals surface area contributed by atoms with Gasteiger partial charge in [-0.25, -0.2) is 4.79 Å². The second-order valence-corrected chi connectivity index (χ2v) is 4.95. The molecule has 0 saturated heterocycles. The molecule has 0 heterocycles. The normalized spacial score (nSPS) is 10.3. The molecule has 0 radical (unpaired) electrons. The first-order valence-corrected chi connectivity index (χ1v) is 7.21. The van der Waals surface area contributed by atoms with Crippen LogP contribution in [-0.2, 0) is 4.79 Å². The molecular formula is C19H16O4. The van der Waals surface area contributed by atoms with Gasteiger partial charge in [-0.15, -0.1) is 0 Å². The fourth-order valence-corrected chi connectivity index (χ4v) is 2.21. The van der Waals surface area contributed by atoms with E-state index in [-0.39, 0.29) is 6.61 Å². The van der Waals surface area contributed by atoms with Gasteiger partial charge in [-0.1, -0.05) is 30.3 Å². The summed E-state index contributed by atoms with van der Waals surface area (Å²) >= 11 is 0. The Kier molecular flexibility index (Phi) is 4.43. The maximum Gasteiger partial charge on any atom is 0.349 e. The number of carbonyl (C=O) groups excluding carboxylic acids is 1. The monoisotopic (exact) mass is 308 g/mol. The molecule has 0 aliphatic rings. The van der Waals surface area contributed by atoms with Gasteiger partial charge in [-0.2, -0.15) is 0 Å². The van der Waals surface area contributed by atoms with Crippen LogP contribution in [0.2, 0.25) is 0 Å². The SMILES string of the molecule is COc1ccc(OCC(=O)Oc2ccc3ccccc3c2)cc1. The summed E-state index contributed by atoms with van der Waals surface area (Å²) in [5.74, 6) is 1.38. The van der Waals surface area contributed by atoms with Crippen LogP contribution in [0.1, 0.15) is 0 Å². The van der Waals surface area contributed by atoms with Crippen LogP contribution in [0.5, 0.6) is 17.2 Å². The maximum absolute atomic E-state index is 11.9. The molecule has 4 nitrogen and oxygen atoms in total. The number of methoxy groups -OCH3 is 1. The summed E-state index contributed by atoms with van der Waals surface area (Å²) in [5.41, 5.74) is 0. The van der Waals surface area contributed by atoms with E-state index in [0.29, 0.717) is 11.5 Å². The van der Waals surface area contributed by atoms with Crippen molar-refractivity contribution in [1.29, 1.82) is 0 Å². The van der Waals surface area contributed by atoms with Crippen molar-refractivity contribution in [3.63, 3.8) is 0 Å². The number of fused-ring (bicyclic) bond motifs is 1. The summed E-state index contributed by atoms with van der Waals surface area (Å²) in [5, 5.41) is 2.12. The number of ether oxygens (including phenoxy) is 3. The molecule has 0 spiro atoms. The molecule has 4 heteroatoms. The van der Waals surface area contributed by atoms with E-state index in [2.05, 4.69) is 0 Å². The third-order valence-corrected chi connectivity index (χ3v) is 3.37. The van der Waals surface area contributed by atoms with Gasteiger partial charge >= 0.3 is 5.97 Å². The highest BCUT2D eigenvalue weighted by molar-refractivity contribution is 5.84. The minimum Gasteiger partial charge on any atom is -0.497 e. The van der Waals surface area contributed by atoms with Crippen LogP contribution in [0.25, 0.3) is 10.8 Å². The summed E-state index contributed by atoms with van der Waals surface area (Å²) < 4.78 is 15.8. The predicted octanol–water partition coefficient (Wildman–Crippen LogP) is 3.83. The molecule has 0 aromatic heterocycles. The van der Waals surface area contributed by atoms with Crippen molar-refractivity contribution in [2.45, 2.75) is 0 Å². The van der Waals surface area contributed by atoms with Crippen molar-refractivity contribution in [2.75, 3.05) is 13.7 Å². The van der Waals surface area contributed by atoms with Gasteiger partial charge in [0.2, 0.25) is 0 Å². The number of hydrogen-bond acceptors (Lipinski definition) is 4. The lowest BCUT2D eigenvalue weighted by atomic mass is 10.1. The first kappa shape index (κ1) is 14.9. The Hall–Kier alpha value is -3.01. The van der Waals surface area contributed by atoms with Crippen molar-refractivity contribution in [3.05, 3.63) is 66.7 Å². The molecule has 0 atom stereocenters. The van der Waals surface area contributed by atoms with E-state index >= 15 is 0 Å². The second kappa shape index (κ2) is 6.83. The van der Waals surface area contributed by atoms with E-state index in [4.69, 9.17) is 14.2 Å². The molecule has 23 heavy (non-hydrogen) atoms. The third-order valence-electron chi connectivity index (χ3n) is 3.37. The Bertz CT molecular complexity index is 809. The van der Waals surface area contributed by atoms with E-state index in [1.807, 2.05) is 36.4 Å². The van der Waals surface area contributed by atoms with Crippen LogP contribution in [-0.4, -0.2) is 19.7 Å². The lowest BCUT2D eigenvalue weighted by Crippen LogP contribution is -2.17. The Morgan fingerprint density at radius 3 is 2.22 bits per heavy atom. The summed E-state index contributed by atoms with van der Waals surface area (Å²) in [4.78, 5) is 11.9. The fraction of sp³-hybridized carbons (Fsp3) is 0.105. The van der Waals surface area contributed by atoms with Gasteiger partial charge in [0.25, 0.3) is 0 Å². The highest BCUT2D eigenvalue weighted by Gasteiger charge is 2.07. The van der Waals surface area contributed by atoms with Gasteiger partial charge in [-0.05, 0) is 47.2 Å². The van der Waals surface area contributed by atoms with E-state index in [1.54, 1.807) is 37.4 Å². The first-order chi connectivity index (χ1) is 11.2. The van der Waals surface area contributed by atoms with Crippen molar-refractivity contribution in [3.8, 4) is 17.2 Å². The Labute approximate surface area is 134 Å². The largest absolute Gasteiger partial charge is 0.497 e. The minimum absolute atomic E-state index is 0.154. The van der Waals surface area contributed by atoms with Gasteiger partial charge in [0.05, 0.1) is 7.11 Å². The van der Waals surface area contributed by atoms with Crippen molar-refractivity contribution in [2.24, 2.45) is 0 Å². The topological polar surface area (TPSA) is 44.8 Å². The standard InChI is InChI=1S/C19H16O4/c1-21-16-8-10-17(11-9-16)22-13-19(20)23-18-7-6-14-4-2-3-5-15(14)12-18/h2-12H,13H2,1H3. The Morgan fingerprint density at radius 1 is 0.826 bits per heavy atom. The van der Waals surface area contributed by atoms with Crippen LogP contribution in [0.15, 0.2) is 66.7 Å². The number of benzene rings is 3. The summed E-state index contributed by atoms with van der Waals surface area (Å²) in [6.07, 6.45) is 0. The van der Waals surface area contributed by atoms with Crippen LogP contribution in [0.4, 0.5) is 0 Å². The van der Waals surface area contributed by atoms with Gasteiger partial charge in [0.1, 0.15) is 17.2 Å². The average Bonchev–Trinajstić information content (AvgIpc) is 2.60. The van der Waals surface area contributed by atoms with Crippen LogP contribution >= 0.6 is 0 Å². The molecule has 116 valence electrons. The molecule has 0 aliphatic heterocycles. The van der Waals surface area contributed by atoms with Gasteiger partial charge in [0.15, 0.2) is 6.61 Å². The summed E-state index contributed by atoms with van der Waals surface area (Å²) in [7, 11) is 1.59. The lowest BCUT2D eigenvalue weighted by Gasteiger charge is -2.08. The number of hydrogen-bond donors (Lipinski definition) is 0. The van der Waals surface area contributed by atoms with E-state index < -0.39 is 5.97 Å². The van der Waals surface area contributed by atoms with Gasteiger partial charge < -0.3 is 14.2 Å². The fourth-order valence-electron chi connectivity index (χ4n) is 2.21. The highest BCUT2D eigenvalue weighted by Crippen LogP contribution is 2.21. The lowest BCUT2D eigenvalue weighted by molar-refractivity contribution is -0.136. The van der Waals surface area contributed by atoms with Crippen LogP contribution in [0, 0.1) is 0 Å². The highest BCUT2D eigenvalue weighted by atomic mass is 16.6. The zero-order valence-electron chi connectivity index (χ0n) is 12.7. The average molecular weight is 308 g/mol. The van der Waals surface area contributed by atoms with Crippen LogP contribution < -0.4 is 14.2 Å². The molecule has 0 N–H and O–H groups in total. The molecule has 3 aromatic carbocycles. The van der Waals surface area contributed by atoms with Gasteiger partial charge in [0, 0.05) is 0 Å². The third kappa shape index (κ3) is 3.80. The summed E-state index contributed by atoms with van der Waals surface area (Å²) in [6, 6.07) is 20.4.